The van der Waals surface area contributed by atoms with Gasteiger partial charge in [0.1, 0.15) is 0 Å². The number of nitrogens with one attached hydrogen (secondary N) is 1. The average Bonchev–Trinajstić information content (AvgIpc) is 2.26. The molecule has 1 rings (SSSR count). The van der Waals surface area contributed by atoms with Crippen molar-refractivity contribution in [3.8, 4) is 0 Å². The van der Waals surface area contributed by atoms with Gasteiger partial charge < -0.3 is 16.0 Å². The second kappa shape index (κ2) is 7.13. The van der Waals surface area contributed by atoms with Gasteiger partial charge in [0.15, 0.2) is 0 Å². The van der Waals surface area contributed by atoms with Crippen molar-refractivity contribution in [1.82, 2.24) is 10.2 Å². The molecule has 0 radical (unpaired) electrons. The van der Waals surface area contributed by atoms with E-state index in [1.165, 1.54) is 5.56 Å². The van der Waals surface area contributed by atoms with E-state index in [0.717, 1.165) is 12.1 Å². The maximum absolute atomic E-state index is 11.4. The molecule has 0 aliphatic rings. The minimum atomic E-state index is -0.0903. The Balaban J connectivity index is 2.41. The number of hydrogen-bond donors (Lipinski definition) is 2. The maximum Gasteiger partial charge on any atom is 0.221 e. The van der Waals surface area contributed by atoms with Crippen LogP contribution in [0.15, 0.2) is 24.3 Å². The van der Waals surface area contributed by atoms with Crippen molar-refractivity contribution in [3.63, 3.8) is 0 Å². The van der Waals surface area contributed by atoms with Crippen LogP contribution in [0, 0.1) is 0 Å². The van der Waals surface area contributed by atoms with Crippen LogP contribution in [0.4, 0.5) is 0 Å². The molecule has 4 heteroatoms. The second-order valence-electron chi connectivity index (χ2n) is 5.01. The first-order valence-electron chi connectivity index (χ1n) is 6.22. The fraction of sp³-hybridized carbons (Fsp3) is 0.500. The lowest BCUT2D eigenvalue weighted by molar-refractivity contribution is -0.121. The molecule has 1 aromatic carbocycles. The number of amides is 1. The van der Waals surface area contributed by atoms with Gasteiger partial charge in [-0.2, -0.15) is 0 Å². The van der Waals surface area contributed by atoms with Gasteiger partial charge in [0.05, 0.1) is 0 Å². The van der Waals surface area contributed by atoms with Gasteiger partial charge in [-0.25, -0.2) is 0 Å². The van der Waals surface area contributed by atoms with Crippen LogP contribution in [0.3, 0.4) is 0 Å². The third kappa shape index (κ3) is 5.80. The lowest BCUT2D eigenvalue weighted by atomic mass is 10.1. The Morgan fingerprint density at radius 3 is 2.33 bits per heavy atom. The van der Waals surface area contributed by atoms with Gasteiger partial charge in [-0.05, 0) is 32.1 Å². The fourth-order valence-corrected chi connectivity index (χ4v) is 1.69. The van der Waals surface area contributed by atoms with Crippen molar-refractivity contribution in [2.75, 3.05) is 14.1 Å². The number of carbonyl (C=O) groups is 1. The van der Waals surface area contributed by atoms with E-state index in [0.29, 0.717) is 13.0 Å². The van der Waals surface area contributed by atoms with E-state index in [1.807, 2.05) is 33.2 Å². The molecular weight excluding hydrogens is 226 g/mol. The molecule has 0 bridgehead atoms. The summed E-state index contributed by atoms with van der Waals surface area (Å²) >= 11 is 0. The highest BCUT2D eigenvalue weighted by Gasteiger charge is 2.04. The van der Waals surface area contributed by atoms with Crippen molar-refractivity contribution in [2.45, 2.75) is 32.5 Å². The Morgan fingerprint density at radius 2 is 1.83 bits per heavy atom. The molecule has 0 saturated heterocycles. The summed E-state index contributed by atoms with van der Waals surface area (Å²) in [7, 11) is 4.09. The second-order valence-corrected chi connectivity index (χ2v) is 5.01. The predicted molar refractivity (Wildman–Crippen MR) is 73.9 cm³/mol. The summed E-state index contributed by atoms with van der Waals surface area (Å²) in [4.78, 5) is 13.6. The van der Waals surface area contributed by atoms with Crippen LogP contribution in [-0.2, 0) is 17.9 Å². The molecule has 1 aromatic rings. The Morgan fingerprint density at radius 1 is 1.28 bits per heavy atom. The largest absolute Gasteiger partial charge is 0.352 e. The molecule has 3 N–H and O–H groups in total. The van der Waals surface area contributed by atoms with Gasteiger partial charge in [0, 0.05) is 25.6 Å². The van der Waals surface area contributed by atoms with Crippen LogP contribution >= 0.6 is 0 Å². The molecule has 1 amide bonds. The lowest BCUT2D eigenvalue weighted by Gasteiger charge is -2.11. The van der Waals surface area contributed by atoms with Crippen molar-refractivity contribution in [3.05, 3.63) is 35.4 Å². The smallest absolute Gasteiger partial charge is 0.221 e. The molecule has 0 fully saturated rings. The van der Waals surface area contributed by atoms with Gasteiger partial charge >= 0.3 is 0 Å². The standard InChI is InChI=1S/C14H23N3O/c1-11(15)8-14(18)16-9-12-4-6-13(7-5-12)10-17(2)3/h4-7,11H,8-10,15H2,1-3H3,(H,16,18). The van der Waals surface area contributed by atoms with E-state index in [9.17, 15) is 4.79 Å². The van der Waals surface area contributed by atoms with E-state index in [-0.39, 0.29) is 11.9 Å². The normalized spacial score (nSPS) is 12.5. The first kappa shape index (κ1) is 14.7. The monoisotopic (exact) mass is 249 g/mol. The zero-order valence-corrected chi connectivity index (χ0v) is 11.4. The Bertz CT molecular complexity index is 371. The van der Waals surface area contributed by atoms with Crippen LogP contribution < -0.4 is 11.1 Å². The minimum Gasteiger partial charge on any atom is -0.352 e. The molecule has 100 valence electrons. The summed E-state index contributed by atoms with van der Waals surface area (Å²) in [5.41, 5.74) is 7.94. The zero-order chi connectivity index (χ0) is 13.5. The van der Waals surface area contributed by atoms with Crippen molar-refractivity contribution in [1.29, 1.82) is 0 Å². The highest BCUT2D eigenvalue weighted by atomic mass is 16.1. The number of carbonyl (C=O) groups excluding carboxylic acids is 1. The summed E-state index contributed by atoms with van der Waals surface area (Å²) in [6.45, 7) is 3.32. The third-order valence-corrected chi connectivity index (χ3v) is 2.52. The zero-order valence-electron chi connectivity index (χ0n) is 11.4. The number of rotatable bonds is 6. The summed E-state index contributed by atoms with van der Waals surface area (Å²) in [6.07, 6.45) is 0.374. The molecule has 0 spiro atoms. The lowest BCUT2D eigenvalue weighted by Crippen LogP contribution is -2.29. The molecule has 1 atom stereocenters. The van der Waals surface area contributed by atoms with Gasteiger partial charge in [-0.15, -0.1) is 0 Å². The van der Waals surface area contributed by atoms with Crippen LogP contribution in [0.1, 0.15) is 24.5 Å². The van der Waals surface area contributed by atoms with E-state index in [2.05, 4.69) is 22.3 Å². The quantitative estimate of drug-likeness (QED) is 0.794. The highest BCUT2D eigenvalue weighted by Crippen LogP contribution is 2.06. The number of benzene rings is 1. The van der Waals surface area contributed by atoms with Crippen LogP contribution in [0.5, 0.6) is 0 Å². The topological polar surface area (TPSA) is 58.4 Å². The van der Waals surface area contributed by atoms with Crippen LogP contribution in [0.25, 0.3) is 0 Å². The van der Waals surface area contributed by atoms with Crippen LogP contribution in [-0.4, -0.2) is 30.9 Å². The first-order chi connectivity index (χ1) is 8.47. The van der Waals surface area contributed by atoms with E-state index in [4.69, 9.17) is 5.73 Å². The predicted octanol–water partition coefficient (Wildman–Crippen LogP) is 1.10. The van der Waals surface area contributed by atoms with Crippen LogP contribution in [0.2, 0.25) is 0 Å². The molecule has 1 unspecified atom stereocenters. The third-order valence-electron chi connectivity index (χ3n) is 2.52. The summed E-state index contributed by atoms with van der Waals surface area (Å²) < 4.78 is 0. The Hall–Kier alpha value is -1.39. The number of nitrogens with two attached hydrogens (primary N) is 1. The SMILES string of the molecule is CC(N)CC(=O)NCc1ccc(CN(C)C)cc1. The molecule has 0 heterocycles. The van der Waals surface area contributed by atoms with Crippen molar-refractivity contribution >= 4 is 5.91 Å². The number of hydrogen-bond acceptors (Lipinski definition) is 3. The highest BCUT2D eigenvalue weighted by molar-refractivity contribution is 5.76. The molecular formula is C14H23N3O. The molecule has 0 aromatic heterocycles. The van der Waals surface area contributed by atoms with E-state index in [1.54, 1.807) is 0 Å². The molecule has 18 heavy (non-hydrogen) atoms. The van der Waals surface area contributed by atoms with Crippen molar-refractivity contribution in [2.24, 2.45) is 5.73 Å². The Labute approximate surface area is 109 Å². The Kier molecular flexibility index (Phi) is 5.82. The van der Waals surface area contributed by atoms with Gasteiger partial charge in [0.2, 0.25) is 5.91 Å². The first-order valence-corrected chi connectivity index (χ1v) is 6.22. The molecule has 0 saturated carbocycles. The fourth-order valence-electron chi connectivity index (χ4n) is 1.69. The summed E-state index contributed by atoms with van der Waals surface area (Å²) in [5.74, 6) is 0.00219. The molecule has 0 aliphatic heterocycles. The average molecular weight is 249 g/mol. The van der Waals surface area contributed by atoms with Crippen molar-refractivity contribution < 1.29 is 4.79 Å². The van der Waals surface area contributed by atoms with Gasteiger partial charge in [-0.3, -0.25) is 4.79 Å². The summed E-state index contributed by atoms with van der Waals surface area (Å²) in [5, 5.41) is 2.86. The van der Waals surface area contributed by atoms with E-state index < -0.39 is 0 Å². The van der Waals surface area contributed by atoms with Gasteiger partial charge in [-0.1, -0.05) is 24.3 Å². The minimum absolute atomic E-state index is 0.00219. The molecule has 4 nitrogen and oxygen atoms in total. The van der Waals surface area contributed by atoms with E-state index >= 15 is 0 Å². The number of nitrogens with zero attached hydrogens (tertiary/aromatic N) is 1. The summed E-state index contributed by atoms with van der Waals surface area (Å²) in [6, 6.07) is 8.18. The molecule has 0 aliphatic carbocycles. The maximum atomic E-state index is 11.4. The van der Waals surface area contributed by atoms with Gasteiger partial charge in [0.25, 0.3) is 0 Å².